The molecule has 32 heavy (non-hydrogen) atoms. The molecular formula is C18H25ClF3N3O6S. The van der Waals surface area contributed by atoms with E-state index in [4.69, 9.17) is 26.2 Å². The van der Waals surface area contributed by atoms with E-state index in [1.54, 1.807) is 26.0 Å². The van der Waals surface area contributed by atoms with Gasteiger partial charge in [-0.15, -0.1) is 11.6 Å². The summed E-state index contributed by atoms with van der Waals surface area (Å²) in [4.78, 5) is 22.9. The Labute approximate surface area is 189 Å². The Morgan fingerprint density at radius 2 is 1.75 bits per heavy atom. The lowest BCUT2D eigenvalue weighted by atomic mass is 10.2. The van der Waals surface area contributed by atoms with Gasteiger partial charge in [0.15, 0.2) is 0 Å². The number of halogens is 4. The number of anilines is 2. The molecule has 1 fully saturated rings. The predicted molar refractivity (Wildman–Crippen MR) is 113 cm³/mol. The van der Waals surface area contributed by atoms with Gasteiger partial charge in [0.2, 0.25) is 15.9 Å². The summed E-state index contributed by atoms with van der Waals surface area (Å²) in [6.07, 6.45) is -5.08. The highest BCUT2D eigenvalue weighted by atomic mass is 35.5. The van der Waals surface area contributed by atoms with Gasteiger partial charge in [0.1, 0.15) is 5.88 Å². The largest absolute Gasteiger partial charge is 0.490 e. The molecule has 0 aliphatic carbocycles. The van der Waals surface area contributed by atoms with Crippen LogP contribution in [0.2, 0.25) is 0 Å². The number of ether oxygens (including phenoxy) is 1. The van der Waals surface area contributed by atoms with E-state index in [9.17, 15) is 26.4 Å². The van der Waals surface area contributed by atoms with Crippen molar-refractivity contribution in [3.63, 3.8) is 0 Å². The zero-order valence-electron chi connectivity index (χ0n) is 17.5. The SMILES string of the molecule is CCN(CC)S(=O)(=O)c1ccc(N2CCOCC2)c(NC(=O)CCl)c1.O=C(O)C(F)(F)F. The van der Waals surface area contributed by atoms with Gasteiger partial charge in [-0.3, -0.25) is 4.79 Å². The van der Waals surface area contributed by atoms with Crippen LogP contribution in [0.25, 0.3) is 0 Å². The second kappa shape index (κ2) is 12.2. The molecule has 14 heteroatoms. The van der Waals surface area contributed by atoms with Crippen LogP contribution in [0.4, 0.5) is 24.5 Å². The molecule has 1 saturated heterocycles. The zero-order chi connectivity index (χ0) is 24.5. The number of aliphatic carboxylic acids is 1. The number of amides is 1. The number of hydrogen-bond acceptors (Lipinski definition) is 6. The normalized spacial score (nSPS) is 14.5. The van der Waals surface area contributed by atoms with Gasteiger partial charge in [0.05, 0.1) is 29.5 Å². The van der Waals surface area contributed by atoms with Gasteiger partial charge in [-0.05, 0) is 18.2 Å². The summed E-state index contributed by atoms with van der Waals surface area (Å²) in [5.74, 6) is -3.34. The Morgan fingerprint density at radius 1 is 1.22 bits per heavy atom. The molecule has 1 heterocycles. The molecule has 0 bridgehead atoms. The van der Waals surface area contributed by atoms with Gasteiger partial charge in [0.25, 0.3) is 0 Å². The van der Waals surface area contributed by atoms with Crippen LogP contribution in [0.3, 0.4) is 0 Å². The molecule has 1 aromatic carbocycles. The Balaban J connectivity index is 0.000000633. The number of carboxylic acid groups (broad SMARTS) is 1. The minimum absolute atomic E-state index is 0.151. The van der Waals surface area contributed by atoms with Gasteiger partial charge in [-0.2, -0.15) is 17.5 Å². The molecule has 1 amide bonds. The first-order chi connectivity index (χ1) is 14.9. The zero-order valence-corrected chi connectivity index (χ0v) is 19.1. The second-order valence-corrected chi connectivity index (χ2v) is 8.56. The maximum Gasteiger partial charge on any atom is 0.490 e. The van der Waals surface area contributed by atoms with Crippen LogP contribution >= 0.6 is 11.6 Å². The maximum absolute atomic E-state index is 12.7. The van der Waals surface area contributed by atoms with Crippen molar-refractivity contribution < 1.29 is 41.0 Å². The maximum atomic E-state index is 12.7. The number of alkyl halides is 4. The molecule has 1 aromatic rings. The second-order valence-electron chi connectivity index (χ2n) is 6.35. The number of nitrogens with one attached hydrogen (secondary N) is 1. The molecule has 0 radical (unpaired) electrons. The molecule has 1 aliphatic heterocycles. The third-order valence-corrected chi connectivity index (χ3v) is 6.59. The number of sulfonamides is 1. The number of carboxylic acids is 1. The van der Waals surface area contributed by atoms with Gasteiger partial charge >= 0.3 is 12.1 Å². The van der Waals surface area contributed by atoms with Crippen molar-refractivity contribution in [2.24, 2.45) is 0 Å². The molecule has 0 saturated carbocycles. The van der Waals surface area contributed by atoms with E-state index in [-0.39, 0.29) is 16.7 Å². The van der Waals surface area contributed by atoms with Crippen molar-refractivity contribution in [2.45, 2.75) is 24.9 Å². The topological polar surface area (TPSA) is 116 Å². The Kier molecular flexibility index (Phi) is 10.7. The Bertz CT molecular complexity index is 888. The third-order valence-electron chi connectivity index (χ3n) is 4.30. The van der Waals surface area contributed by atoms with Crippen LogP contribution in [0.5, 0.6) is 0 Å². The summed E-state index contributed by atoms with van der Waals surface area (Å²) >= 11 is 5.59. The first-order valence-corrected chi connectivity index (χ1v) is 11.5. The van der Waals surface area contributed by atoms with Gasteiger partial charge in [0, 0.05) is 26.2 Å². The standard InChI is InChI=1S/C16H24ClN3O4S.C2HF3O2/c1-3-20(4-2)25(22,23)13-5-6-15(19-7-9-24-10-8-19)14(11-13)18-16(21)12-17;3-2(4,5)1(6)7/h5-6,11H,3-4,7-10,12H2,1-2H3,(H,18,21);(H,6,7). The molecule has 1 aliphatic rings. The molecule has 0 aromatic heterocycles. The van der Waals surface area contributed by atoms with E-state index < -0.39 is 22.2 Å². The van der Waals surface area contributed by atoms with Crippen molar-refractivity contribution in [1.29, 1.82) is 0 Å². The highest BCUT2D eigenvalue weighted by Gasteiger charge is 2.38. The molecule has 9 nitrogen and oxygen atoms in total. The average molecular weight is 504 g/mol. The lowest BCUT2D eigenvalue weighted by Crippen LogP contribution is -2.37. The number of benzene rings is 1. The summed E-state index contributed by atoms with van der Waals surface area (Å²) in [6, 6.07) is 4.81. The summed E-state index contributed by atoms with van der Waals surface area (Å²) in [5, 5.41) is 9.83. The number of nitrogens with zero attached hydrogens (tertiary/aromatic N) is 2. The molecule has 2 N–H and O–H groups in total. The van der Waals surface area contributed by atoms with E-state index >= 15 is 0 Å². The minimum atomic E-state index is -5.08. The highest BCUT2D eigenvalue weighted by Crippen LogP contribution is 2.31. The first-order valence-electron chi connectivity index (χ1n) is 9.51. The summed E-state index contributed by atoms with van der Waals surface area (Å²) in [5.41, 5.74) is 1.21. The van der Waals surface area contributed by atoms with Crippen LogP contribution in [0, 0.1) is 0 Å². The van der Waals surface area contributed by atoms with Crippen LogP contribution in [0.1, 0.15) is 13.8 Å². The Hall–Kier alpha value is -2.09. The summed E-state index contributed by atoms with van der Waals surface area (Å²) in [7, 11) is -3.61. The van der Waals surface area contributed by atoms with Crippen molar-refractivity contribution >= 4 is 44.9 Å². The van der Waals surface area contributed by atoms with Gasteiger partial charge < -0.3 is 20.1 Å². The van der Waals surface area contributed by atoms with Crippen LogP contribution in [-0.2, 0) is 24.3 Å². The molecule has 2 rings (SSSR count). The van der Waals surface area contributed by atoms with E-state index in [0.29, 0.717) is 45.1 Å². The van der Waals surface area contributed by atoms with Crippen molar-refractivity contribution in [3.8, 4) is 0 Å². The Morgan fingerprint density at radius 3 is 2.19 bits per heavy atom. The highest BCUT2D eigenvalue weighted by molar-refractivity contribution is 7.89. The number of carbonyl (C=O) groups excluding carboxylic acids is 1. The fraction of sp³-hybridized carbons (Fsp3) is 0.556. The molecular weight excluding hydrogens is 479 g/mol. The van der Waals surface area contributed by atoms with Gasteiger partial charge in [-0.1, -0.05) is 13.8 Å². The van der Waals surface area contributed by atoms with Crippen LogP contribution in [-0.4, -0.2) is 81.2 Å². The van der Waals surface area contributed by atoms with E-state index in [1.165, 1.54) is 10.4 Å². The lowest BCUT2D eigenvalue weighted by molar-refractivity contribution is -0.192. The summed E-state index contributed by atoms with van der Waals surface area (Å²) in [6.45, 7) is 6.86. The third kappa shape index (κ3) is 7.80. The molecule has 0 unspecified atom stereocenters. The first kappa shape index (κ1) is 27.9. The van der Waals surface area contributed by atoms with Crippen LogP contribution in [0.15, 0.2) is 23.1 Å². The number of carbonyl (C=O) groups is 2. The van der Waals surface area contributed by atoms with E-state index in [0.717, 1.165) is 5.69 Å². The van der Waals surface area contributed by atoms with E-state index in [1.807, 2.05) is 0 Å². The average Bonchev–Trinajstić information content (AvgIpc) is 2.74. The smallest absolute Gasteiger partial charge is 0.475 e. The number of hydrogen-bond donors (Lipinski definition) is 2. The van der Waals surface area contributed by atoms with Crippen molar-refractivity contribution in [1.82, 2.24) is 4.31 Å². The monoisotopic (exact) mass is 503 g/mol. The van der Waals surface area contributed by atoms with Crippen molar-refractivity contribution in [3.05, 3.63) is 18.2 Å². The van der Waals surface area contributed by atoms with E-state index in [2.05, 4.69) is 10.2 Å². The predicted octanol–water partition coefficient (Wildman–Crippen LogP) is 2.36. The van der Waals surface area contributed by atoms with Gasteiger partial charge in [-0.25, -0.2) is 13.2 Å². The lowest BCUT2D eigenvalue weighted by Gasteiger charge is -2.31. The number of rotatable bonds is 7. The van der Waals surface area contributed by atoms with Crippen LogP contribution < -0.4 is 10.2 Å². The molecule has 182 valence electrons. The summed E-state index contributed by atoms with van der Waals surface area (Å²) < 4.78 is 64.0. The van der Waals surface area contributed by atoms with Crippen molar-refractivity contribution in [2.75, 3.05) is 55.5 Å². The molecule has 0 spiro atoms. The number of morpholine rings is 1. The minimum Gasteiger partial charge on any atom is -0.475 e. The molecule has 0 atom stereocenters. The quantitative estimate of drug-likeness (QED) is 0.549. The fourth-order valence-electron chi connectivity index (χ4n) is 2.75. The fourth-order valence-corrected chi connectivity index (χ4v) is 4.30.